The molecule has 176 valence electrons. The van der Waals surface area contributed by atoms with Gasteiger partial charge in [0.1, 0.15) is 11.5 Å². The normalized spacial score (nSPS) is 10.2. The Hall–Kier alpha value is -4.33. The number of aryl methyl sites for hydroxylation is 2. The Morgan fingerprint density at radius 1 is 0.794 bits per heavy atom. The summed E-state index contributed by atoms with van der Waals surface area (Å²) in [5.74, 6) is 0.212. The zero-order chi connectivity index (χ0) is 24.5. The fraction of sp³-hybridized carbons (Fsp3) is 0.192. The van der Waals surface area contributed by atoms with E-state index in [1.165, 1.54) is 24.3 Å². The molecule has 0 aromatic heterocycles. The molecule has 0 bridgehead atoms. The standard InChI is InChI=1S/C26H26N2O6/c1-4-32-26(31)34-22-12-9-19(10-13-22)25(30)28-21-7-5-6-20(15-21)27-24(29)16-33-23-11-8-17(2)18(3)14-23/h5-15H,4,16H2,1-3H3,(H,27,29)(H,28,30). The van der Waals surface area contributed by atoms with Gasteiger partial charge >= 0.3 is 6.16 Å². The van der Waals surface area contributed by atoms with Gasteiger partial charge in [0.05, 0.1) is 6.61 Å². The number of carbonyl (C=O) groups is 3. The van der Waals surface area contributed by atoms with E-state index < -0.39 is 6.16 Å². The van der Waals surface area contributed by atoms with E-state index in [0.29, 0.717) is 22.7 Å². The van der Waals surface area contributed by atoms with Crippen LogP contribution in [0, 0.1) is 13.8 Å². The molecule has 0 saturated heterocycles. The van der Waals surface area contributed by atoms with Gasteiger partial charge in [-0.05, 0) is 86.5 Å². The first kappa shape index (κ1) is 24.3. The van der Waals surface area contributed by atoms with E-state index in [0.717, 1.165) is 11.1 Å². The number of anilines is 2. The molecule has 3 aromatic carbocycles. The van der Waals surface area contributed by atoms with Crippen LogP contribution in [-0.2, 0) is 9.53 Å². The maximum Gasteiger partial charge on any atom is 0.513 e. The fourth-order valence-corrected chi connectivity index (χ4v) is 2.95. The van der Waals surface area contributed by atoms with E-state index in [-0.39, 0.29) is 30.8 Å². The van der Waals surface area contributed by atoms with Gasteiger partial charge < -0.3 is 24.8 Å². The Morgan fingerprint density at radius 2 is 1.47 bits per heavy atom. The van der Waals surface area contributed by atoms with Crippen molar-refractivity contribution in [2.75, 3.05) is 23.8 Å². The van der Waals surface area contributed by atoms with Crippen molar-refractivity contribution in [3.63, 3.8) is 0 Å². The van der Waals surface area contributed by atoms with Crippen molar-refractivity contribution in [1.29, 1.82) is 0 Å². The van der Waals surface area contributed by atoms with Gasteiger partial charge in [-0.3, -0.25) is 9.59 Å². The van der Waals surface area contributed by atoms with E-state index >= 15 is 0 Å². The van der Waals surface area contributed by atoms with Gasteiger partial charge in [0, 0.05) is 16.9 Å². The monoisotopic (exact) mass is 462 g/mol. The quantitative estimate of drug-likeness (QED) is 0.356. The third kappa shape index (κ3) is 7.09. The number of ether oxygens (including phenoxy) is 3. The molecule has 2 amide bonds. The van der Waals surface area contributed by atoms with Crippen LogP contribution in [0.5, 0.6) is 11.5 Å². The molecule has 34 heavy (non-hydrogen) atoms. The minimum Gasteiger partial charge on any atom is -0.484 e. The Kier molecular flexibility index (Phi) is 8.23. The Labute approximate surface area is 197 Å². The van der Waals surface area contributed by atoms with Crippen LogP contribution < -0.4 is 20.1 Å². The number of nitrogens with one attached hydrogen (secondary N) is 2. The van der Waals surface area contributed by atoms with Crippen LogP contribution in [0.4, 0.5) is 16.2 Å². The molecule has 0 aliphatic carbocycles. The number of amides is 2. The summed E-state index contributed by atoms with van der Waals surface area (Å²) in [6.45, 7) is 5.73. The van der Waals surface area contributed by atoms with E-state index in [9.17, 15) is 14.4 Å². The average molecular weight is 463 g/mol. The highest BCUT2D eigenvalue weighted by molar-refractivity contribution is 6.04. The molecule has 0 aliphatic heterocycles. The van der Waals surface area contributed by atoms with Crippen molar-refractivity contribution in [1.82, 2.24) is 0 Å². The predicted octanol–water partition coefficient (Wildman–Crippen LogP) is 5.11. The highest BCUT2D eigenvalue weighted by Gasteiger charge is 2.10. The summed E-state index contributed by atoms with van der Waals surface area (Å²) in [4.78, 5) is 36.2. The third-order valence-corrected chi connectivity index (χ3v) is 4.83. The zero-order valence-electron chi connectivity index (χ0n) is 19.2. The molecule has 3 aromatic rings. The first-order valence-electron chi connectivity index (χ1n) is 10.7. The minimum atomic E-state index is -0.807. The number of carbonyl (C=O) groups excluding carboxylic acids is 3. The SMILES string of the molecule is CCOC(=O)Oc1ccc(C(=O)Nc2cccc(NC(=O)COc3ccc(C)c(C)c3)c2)cc1. The molecule has 3 rings (SSSR count). The Morgan fingerprint density at radius 3 is 2.15 bits per heavy atom. The number of hydrogen-bond acceptors (Lipinski definition) is 6. The largest absolute Gasteiger partial charge is 0.513 e. The molecule has 0 fully saturated rings. The van der Waals surface area contributed by atoms with Crippen molar-refractivity contribution >= 4 is 29.3 Å². The van der Waals surface area contributed by atoms with Crippen LogP contribution in [0.15, 0.2) is 66.7 Å². The molecule has 0 radical (unpaired) electrons. The van der Waals surface area contributed by atoms with Crippen LogP contribution in [0.1, 0.15) is 28.4 Å². The van der Waals surface area contributed by atoms with Gasteiger partial charge in [0.2, 0.25) is 0 Å². The Bertz CT molecular complexity index is 1170. The highest BCUT2D eigenvalue weighted by atomic mass is 16.7. The van der Waals surface area contributed by atoms with Crippen molar-refractivity contribution < 1.29 is 28.6 Å². The predicted molar refractivity (Wildman–Crippen MR) is 129 cm³/mol. The van der Waals surface area contributed by atoms with E-state index in [1.54, 1.807) is 31.2 Å². The maximum absolute atomic E-state index is 12.5. The Balaban J connectivity index is 1.54. The molecule has 0 saturated carbocycles. The summed E-state index contributed by atoms with van der Waals surface area (Å²) in [6.07, 6.45) is -0.807. The van der Waals surface area contributed by atoms with Crippen LogP contribution in [0.3, 0.4) is 0 Å². The third-order valence-electron chi connectivity index (χ3n) is 4.83. The van der Waals surface area contributed by atoms with Crippen LogP contribution >= 0.6 is 0 Å². The minimum absolute atomic E-state index is 0.140. The molecule has 8 heteroatoms. The molecule has 0 heterocycles. The smallest absolute Gasteiger partial charge is 0.484 e. The molecule has 0 atom stereocenters. The molecule has 0 spiro atoms. The van der Waals surface area contributed by atoms with Crippen molar-refractivity contribution in [2.45, 2.75) is 20.8 Å². The van der Waals surface area contributed by atoms with Gasteiger partial charge in [-0.15, -0.1) is 0 Å². The second kappa shape index (κ2) is 11.5. The maximum atomic E-state index is 12.5. The lowest BCUT2D eigenvalue weighted by atomic mass is 10.1. The van der Waals surface area contributed by atoms with Crippen LogP contribution in [-0.4, -0.2) is 31.2 Å². The van der Waals surface area contributed by atoms with Crippen molar-refractivity contribution in [2.24, 2.45) is 0 Å². The molecule has 2 N–H and O–H groups in total. The van der Waals surface area contributed by atoms with Gasteiger partial charge in [-0.1, -0.05) is 12.1 Å². The average Bonchev–Trinajstić information content (AvgIpc) is 2.80. The number of hydrogen-bond donors (Lipinski definition) is 2. The lowest BCUT2D eigenvalue weighted by molar-refractivity contribution is -0.118. The lowest BCUT2D eigenvalue weighted by Gasteiger charge is -2.11. The summed E-state index contributed by atoms with van der Waals surface area (Å²) < 4.78 is 15.2. The highest BCUT2D eigenvalue weighted by Crippen LogP contribution is 2.19. The summed E-state index contributed by atoms with van der Waals surface area (Å²) in [6, 6.07) is 18.5. The second-order valence-corrected chi connectivity index (χ2v) is 7.43. The van der Waals surface area contributed by atoms with E-state index in [2.05, 4.69) is 10.6 Å². The van der Waals surface area contributed by atoms with Crippen LogP contribution in [0.2, 0.25) is 0 Å². The number of rotatable bonds is 8. The second-order valence-electron chi connectivity index (χ2n) is 7.43. The molecule has 8 nitrogen and oxygen atoms in total. The van der Waals surface area contributed by atoms with Crippen molar-refractivity contribution in [3.05, 3.63) is 83.4 Å². The van der Waals surface area contributed by atoms with Gasteiger partial charge in [0.15, 0.2) is 6.61 Å². The molecule has 0 aliphatic rings. The summed E-state index contributed by atoms with van der Waals surface area (Å²) in [5, 5.41) is 5.52. The van der Waals surface area contributed by atoms with Gasteiger partial charge in [0.25, 0.3) is 11.8 Å². The first-order chi connectivity index (χ1) is 16.3. The van der Waals surface area contributed by atoms with Crippen molar-refractivity contribution in [3.8, 4) is 11.5 Å². The molecular weight excluding hydrogens is 436 g/mol. The lowest BCUT2D eigenvalue weighted by Crippen LogP contribution is -2.20. The number of benzene rings is 3. The van der Waals surface area contributed by atoms with Crippen LogP contribution in [0.25, 0.3) is 0 Å². The summed E-state index contributed by atoms with van der Waals surface area (Å²) in [5.41, 5.74) is 3.63. The van der Waals surface area contributed by atoms with Gasteiger partial charge in [-0.25, -0.2) is 4.79 Å². The zero-order valence-corrected chi connectivity index (χ0v) is 19.2. The molecule has 0 unspecified atom stereocenters. The topological polar surface area (TPSA) is 103 Å². The fourth-order valence-electron chi connectivity index (χ4n) is 2.95. The molecular formula is C26H26N2O6. The first-order valence-corrected chi connectivity index (χ1v) is 10.7. The van der Waals surface area contributed by atoms with E-state index in [4.69, 9.17) is 14.2 Å². The summed E-state index contributed by atoms with van der Waals surface area (Å²) in [7, 11) is 0. The summed E-state index contributed by atoms with van der Waals surface area (Å²) >= 11 is 0. The van der Waals surface area contributed by atoms with E-state index in [1.807, 2.05) is 32.0 Å². The van der Waals surface area contributed by atoms with Gasteiger partial charge in [-0.2, -0.15) is 0 Å².